The Labute approximate surface area is 211 Å². The maximum absolute atomic E-state index is 12.7. The zero-order chi connectivity index (χ0) is 26.5. The van der Waals surface area contributed by atoms with Gasteiger partial charge in [-0.1, -0.05) is 0 Å². The third kappa shape index (κ3) is 10.7. The SMILES string of the molecule is N=C(N)NCCC[C@@H]1NC(=O)[C@H](CS)NC(=O)[C@H](CS)NC(=O)[C@H](CC(=O)O)NC(=O)CNC1=O. The molecule has 10 N–H and O–H groups in total. The van der Waals surface area contributed by atoms with Crippen LogP contribution in [0.5, 0.6) is 0 Å². The quantitative estimate of drug-likeness (QED) is 0.0622. The molecule has 0 radical (unpaired) electrons. The second kappa shape index (κ2) is 14.9. The van der Waals surface area contributed by atoms with Gasteiger partial charge in [-0.3, -0.25) is 34.2 Å². The highest BCUT2D eigenvalue weighted by Gasteiger charge is 2.32. The van der Waals surface area contributed by atoms with E-state index in [0.29, 0.717) is 6.42 Å². The van der Waals surface area contributed by atoms with Crippen molar-refractivity contribution in [2.24, 2.45) is 5.73 Å². The highest BCUT2D eigenvalue weighted by Crippen LogP contribution is 2.02. The van der Waals surface area contributed by atoms with E-state index in [1.54, 1.807) is 0 Å². The number of hydrogen-bond acceptors (Lipinski definition) is 9. The van der Waals surface area contributed by atoms with Gasteiger partial charge in [0.15, 0.2) is 5.96 Å². The minimum atomic E-state index is -1.54. The van der Waals surface area contributed by atoms with Crippen LogP contribution in [0.3, 0.4) is 0 Å². The van der Waals surface area contributed by atoms with E-state index in [-0.39, 0.29) is 30.4 Å². The summed E-state index contributed by atoms with van der Waals surface area (Å²) in [6.07, 6.45) is -0.381. The molecule has 4 atom stereocenters. The molecular formula is C18H30N8O7S2. The summed E-state index contributed by atoms with van der Waals surface area (Å²) in [7, 11) is 0. The van der Waals surface area contributed by atoms with Gasteiger partial charge in [-0.15, -0.1) is 0 Å². The Balaban J connectivity index is 3.17. The van der Waals surface area contributed by atoms with Gasteiger partial charge in [0.05, 0.1) is 13.0 Å². The number of carbonyl (C=O) groups excluding carboxylic acids is 5. The van der Waals surface area contributed by atoms with Crippen LogP contribution in [0.2, 0.25) is 0 Å². The second-order valence-electron chi connectivity index (χ2n) is 7.47. The van der Waals surface area contributed by atoms with E-state index in [1.165, 1.54) is 0 Å². The van der Waals surface area contributed by atoms with E-state index in [2.05, 4.69) is 57.2 Å². The summed E-state index contributed by atoms with van der Waals surface area (Å²) >= 11 is 8.08. The number of carboxylic acids is 1. The molecule has 0 aromatic carbocycles. The van der Waals surface area contributed by atoms with Crippen LogP contribution in [-0.2, 0) is 28.8 Å². The van der Waals surface area contributed by atoms with Gasteiger partial charge in [-0.2, -0.15) is 25.3 Å². The van der Waals surface area contributed by atoms with Crippen molar-refractivity contribution in [1.82, 2.24) is 31.9 Å². The predicted molar refractivity (Wildman–Crippen MR) is 130 cm³/mol. The molecule has 1 aliphatic rings. The maximum Gasteiger partial charge on any atom is 0.305 e. The lowest BCUT2D eigenvalue weighted by atomic mass is 10.1. The minimum Gasteiger partial charge on any atom is -0.481 e. The summed E-state index contributed by atoms with van der Waals surface area (Å²) < 4.78 is 0. The molecule has 1 saturated heterocycles. The number of guanidine groups is 1. The average Bonchev–Trinajstić information content (AvgIpc) is 2.79. The number of carbonyl (C=O) groups is 6. The van der Waals surface area contributed by atoms with Crippen LogP contribution in [0.4, 0.5) is 0 Å². The van der Waals surface area contributed by atoms with E-state index >= 15 is 0 Å². The first-order chi connectivity index (χ1) is 16.5. The Bertz CT molecular complexity index is 844. The van der Waals surface area contributed by atoms with Crippen molar-refractivity contribution in [3.8, 4) is 0 Å². The molecule has 0 saturated carbocycles. The van der Waals surface area contributed by atoms with Crippen molar-refractivity contribution in [3.05, 3.63) is 0 Å². The largest absolute Gasteiger partial charge is 0.481 e. The van der Waals surface area contributed by atoms with Crippen molar-refractivity contribution in [2.45, 2.75) is 43.4 Å². The molecule has 0 spiro atoms. The lowest BCUT2D eigenvalue weighted by molar-refractivity contribution is -0.141. The van der Waals surface area contributed by atoms with Gasteiger partial charge in [0.1, 0.15) is 24.2 Å². The van der Waals surface area contributed by atoms with Crippen LogP contribution in [-0.4, -0.2) is 95.3 Å². The Morgan fingerprint density at radius 2 is 1.43 bits per heavy atom. The van der Waals surface area contributed by atoms with Gasteiger partial charge < -0.3 is 42.7 Å². The summed E-state index contributed by atoms with van der Waals surface area (Å²) in [5.41, 5.74) is 5.21. The summed E-state index contributed by atoms with van der Waals surface area (Å²) in [5, 5.41) is 30.5. The van der Waals surface area contributed by atoms with Gasteiger partial charge in [0.2, 0.25) is 29.5 Å². The van der Waals surface area contributed by atoms with Crippen molar-refractivity contribution in [1.29, 1.82) is 5.41 Å². The summed E-state index contributed by atoms with van der Waals surface area (Å²) in [5.74, 6) is -6.09. The van der Waals surface area contributed by atoms with Crippen LogP contribution >= 0.6 is 25.3 Å². The number of rotatable bonds is 8. The first-order valence-electron chi connectivity index (χ1n) is 10.5. The summed E-state index contributed by atoms with van der Waals surface area (Å²) in [6.45, 7) is -0.375. The lowest BCUT2D eigenvalue weighted by Gasteiger charge is -2.24. The molecule has 0 bridgehead atoms. The van der Waals surface area contributed by atoms with Gasteiger partial charge >= 0.3 is 5.97 Å². The Hall–Kier alpha value is -3.21. The van der Waals surface area contributed by atoms with Crippen molar-refractivity contribution >= 4 is 66.7 Å². The Morgan fingerprint density at radius 1 is 0.914 bits per heavy atom. The maximum atomic E-state index is 12.7. The monoisotopic (exact) mass is 534 g/mol. The molecule has 0 aliphatic carbocycles. The molecule has 1 heterocycles. The molecule has 1 fully saturated rings. The van der Waals surface area contributed by atoms with Crippen molar-refractivity contribution in [3.63, 3.8) is 0 Å². The molecule has 35 heavy (non-hydrogen) atoms. The molecule has 1 aliphatic heterocycles. The molecule has 5 amide bonds. The number of amides is 5. The third-order valence-corrected chi connectivity index (χ3v) is 5.43. The van der Waals surface area contributed by atoms with Crippen LogP contribution in [0.25, 0.3) is 0 Å². The normalized spacial score (nSPS) is 24.5. The molecule has 0 aromatic heterocycles. The van der Waals surface area contributed by atoms with Gasteiger partial charge in [0, 0.05) is 18.1 Å². The zero-order valence-corrected chi connectivity index (χ0v) is 20.4. The first-order valence-corrected chi connectivity index (χ1v) is 11.7. The number of aliphatic carboxylic acids is 1. The predicted octanol–water partition coefficient (Wildman–Crippen LogP) is -4.35. The van der Waals surface area contributed by atoms with E-state index < -0.39 is 72.6 Å². The van der Waals surface area contributed by atoms with E-state index in [1.807, 2.05) is 0 Å². The van der Waals surface area contributed by atoms with Crippen molar-refractivity contribution < 1.29 is 33.9 Å². The fourth-order valence-electron chi connectivity index (χ4n) is 2.92. The van der Waals surface area contributed by atoms with Crippen LogP contribution < -0.4 is 37.6 Å². The molecular weight excluding hydrogens is 504 g/mol. The Kier molecular flexibility index (Phi) is 12.7. The number of thiol groups is 2. The van der Waals surface area contributed by atoms with Gasteiger partial charge in [0.25, 0.3) is 0 Å². The van der Waals surface area contributed by atoms with Crippen LogP contribution in [0, 0.1) is 5.41 Å². The average molecular weight is 535 g/mol. The number of nitrogens with one attached hydrogen (secondary N) is 7. The molecule has 0 unspecified atom stereocenters. The summed E-state index contributed by atoms with van der Waals surface area (Å²) in [4.78, 5) is 74.1. The first kappa shape index (κ1) is 29.8. The highest BCUT2D eigenvalue weighted by atomic mass is 32.1. The topological polar surface area (TPSA) is 245 Å². The number of carboxylic acid groups (broad SMARTS) is 1. The van der Waals surface area contributed by atoms with E-state index in [9.17, 15) is 28.8 Å². The standard InChI is InChI=1S/C18H30N8O7S2/c19-18(20)21-3-1-2-8-14(30)22-5-12(27)23-9(4-13(28)29)15(31)25-11(7-35)17(33)26-10(6-34)16(32)24-8/h8-11,34-35H,1-7H2,(H,22,30)(H,23,27)(H,24,32)(H,25,31)(H,26,33)(H,28,29)(H4,19,20,21)/t8-,9-,10-,11-/m0/s1. The smallest absolute Gasteiger partial charge is 0.305 e. The van der Waals surface area contributed by atoms with Crippen molar-refractivity contribution in [2.75, 3.05) is 24.6 Å². The van der Waals surface area contributed by atoms with E-state index in [0.717, 1.165) is 0 Å². The summed E-state index contributed by atoms with van der Waals surface area (Å²) in [6, 6.07) is -5.10. The number of nitrogens with two attached hydrogens (primary N) is 1. The zero-order valence-electron chi connectivity index (χ0n) is 18.6. The van der Waals surface area contributed by atoms with Gasteiger partial charge in [-0.25, -0.2) is 0 Å². The van der Waals surface area contributed by atoms with E-state index in [4.69, 9.17) is 16.2 Å². The molecule has 0 aromatic rings. The highest BCUT2D eigenvalue weighted by molar-refractivity contribution is 7.80. The van der Waals surface area contributed by atoms with Crippen LogP contribution in [0.15, 0.2) is 0 Å². The molecule has 15 nitrogen and oxygen atoms in total. The minimum absolute atomic E-state index is 0.0909. The van der Waals surface area contributed by atoms with Gasteiger partial charge in [-0.05, 0) is 12.8 Å². The molecule has 1 rings (SSSR count). The Morgan fingerprint density at radius 3 is 1.91 bits per heavy atom. The molecule has 196 valence electrons. The lowest BCUT2D eigenvalue weighted by Crippen LogP contribution is -2.58. The second-order valence-corrected chi connectivity index (χ2v) is 8.20. The fourth-order valence-corrected chi connectivity index (χ4v) is 3.44. The number of hydrogen-bond donors (Lipinski definition) is 11. The third-order valence-electron chi connectivity index (χ3n) is 4.70. The fraction of sp³-hybridized carbons (Fsp3) is 0.611. The van der Waals surface area contributed by atoms with Crippen LogP contribution in [0.1, 0.15) is 19.3 Å². The molecule has 17 heteroatoms.